The number of benzene rings is 1. The molecule has 1 aromatic rings. The zero-order chi connectivity index (χ0) is 17.1. The van der Waals surface area contributed by atoms with Crippen molar-refractivity contribution in [3.05, 3.63) is 35.0 Å². The number of ether oxygens (including phenoxy) is 2. The molecule has 0 saturated heterocycles. The molecule has 0 aromatic heterocycles. The van der Waals surface area contributed by atoms with Crippen LogP contribution in [0, 0.1) is 11.3 Å². The molecule has 1 rings (SSSR count). The third kappa shape index (κ3) is 6.57. The fraction of sp³-hybridized carbons (Fsp3) is 0.333. The van der Waals surface area contributed by atoms with E-state index in [1.165, 1.54) is 19.4 Å². The molecule has 0 heterocycles. The summed E-state index contributed by atoms with van der Waals surface area (Å²) in [5.74, 6) is -0.0669. The maximum absolute atomic E-state index is 12.0. The smallest absolute Gasteiger partial charge is 0.267 e. The Balaban J connectivity index is 2.56. The summed E-state index contributed by atoms with van der Waals surface area (Å²) in [5.41, 5.74) is 0.368. The van der Waals surface area contributed by atoms with Gasteiger partial charge in [0.1, 0.15) is 17.4 Å². The zero-order valence-corrected chi connectivity index (χ0v) is 13.4. The van der Waals surface area contributed by atoms with Crippen molar-refractivity contribution < 1.29 is 19.4 Å². The Labute approximate surface area is 139 Å². The van der Waals surface area contributed by atoms with E-state index in [4.69, 9.17) is 31.4 Å². The summed E-state index contributed by atoms with van der Waals surface area (Å²) in [7, 11) is 1.49. The number of carbonyl (C=O) groups is 1. The Morgan fingerprint density at radius 1 is 1.48 bits per heavy atom. The molecule has 3 N–H and O–H groups in total. The lowest BCUT2D eigenvalue weighted by Crippen LogP contribution is -2.19. The summed E-state index contributed by atoms with van der Waals surface area (Å²) in [4.78, 5) is 12.0. The highest BCUT2D eigenvalue weighted by Gasteiger charge is 2.10. The van der Waals surface area contributed by atoms with Crippen LogP contribution in [0.25, 0.3) is 0 Å². The number of nitriles is 1. The molecule has 0 bridgehead atoms. The predicted octanol–water partition coefficient (Wildman–Crippen LogP) is 1.29. The maximum Gasteiger partial charge on any atom is 0.267 e. The van der Waals surface area contributed by atoms with Gasteiger partial charge in [-0.25, -0.2) is 0 Å². The molecule has 0 aliphatic rings. The average Bonchev–Trinajstić information content (AvgIpc) is 2.54. The lowest BCUT2D eigenvalue weighted by Gasteiger charge is -2.08. The Morgan fingerprint density at radius 2 is 2.26 bits per heavy atom. The van der Waals surface area contributed by atoms with E-state index in [2.05, 4.69) is 10.6 Å². The number of rotatable bonds is 9. The molecule has 124 valence electrons. The monoisotopic (exact) mass is 339 g/mol. The van der Waals surface area contributed by atoms with E-state index in [0.717, 1.165) is 0 Å². The van der Waals surface area contributed by atoms with Gasteiger partial charge in [0.05, 0.1) is 32.0 Å². The van der Waals surface area contributed by atoms with Gasteiger partial charge in [-0.05, 0) is 18.2 Å². The Hall–Kier alpha value is -2.27. The Bertz CT molecular complexity index is 599. The second-order valence-corrected chi connectivity index (χ2v) is 4.67. The van der Waals surface area contributed by atoms with E-state index in [9.17, 15) is 4.79 Å². The van der Waals surface area contributed by atoms with E-state index in [1.807, 2.05) is 6.07 Å². The van der Waals surface area contributed by atoms with Crippen LogP contribution < -0.4 is 15.4 Å². The van der Waals surface area contributed by atoms with Gasteiger partial charge >= 0.3 is 0 Å². The summed E-state index contributed by atoms with van der Waals surface area (Å²) in [6.45, 7) is 0.958. The van der Waals surface area contributed by atoms with Gasteiger partial charge in [-0.3, -0.25) is 4.79 Å². The minimum atomic E-state index is -0.558. The number of nitrogens with zero attached hydrogens (tertiary/aromatic N) is 1. The van der Waals surface area contributed by atoms with Crippen LogP contribution in [0.15, 0.2) is 30.0 Å². The normalized spacial score (nSPS) is 10.8. The van der Waals surface area contributed by atoms with Crippen LogP contribution in [0.3, 0.4) is 0 Å². The summed E-state index contributed by atoms with van der Waals surface area (Å²) in [5, 5.41) is 23.3. The molecule has 7 nitrogen and oxygen atoms in total. The molecule has 0 atom stereocenters. The molecule has 0 unspecified atom stereocenters. The minimum absolute atomic E-state index is 0.0495. The topological polar surface area (TPSA) is 104 Å². The third-order valence-corrected chi connectivity index (χ3v) is 2.94. The van der Waals surface area contributed by atoms with Gasteiger partial charge in [0, 0.05) is 18.4 Å². The highest BCUT2D eigenvalue weighted by atomic mass is 35.5. The van der Waals surface area contributed by atoms with Crippen LogP contribution in [0.2, 0.25) is 5.02 Å². The molecule has 8 heteroatoms. The van der Waals surface area contributed by atoms with Gasteiger partial charge in [0.15, 0.2) is 0 Å². The number of aliphatic hydroxyl groups is 1. The number of halogens is 1. The first kappa shape index (κ1) is 18.8. The SMILES string of the molecule is COc1ccc(NC(=O)/C(C#N)=C\NCCOCCO)cc1Cl. The summed E-state index contributed by atoms with van der Waals surface area (Å²) >= 11 is 5.97. The molecule has 0 aliphatic heterocycles. The lowest BCUT2D eigenvalue weighted by molar-refractivity contribution is -0.112. The van der Waals surface area contributed by atoms with Crippen molar-refractivity contribution >= 4 is 23.2 Å². The van der Waals surface area contributed by atoms with Crippen LogP contribution >= 0.6 is 11.6 Å². The second-order valence-electron chi connectivity index (χ2n) is 4.26. The van der Waals surface area contributed by atoms with Crippen molar-refractivity contribution in [3.63, 3.8) is 0 Å². The van der Waals surface area contributed by atoms with Crippen molar-refractivity contribution in [2.75, 3.05) is 38.8 Å². The number of carbonyl (C=O) groups excluding carboxylic acids is 1. The molecule has 0 aliphatic carbocycles. The highest BCUT2D eigenvalue weighted by molar-refractivity contribution is 6.32. The zero-order valence-electron chi connectivity index (χ0n) is 12.6. The van der Waals surface area contributed by atoms with E-state index in [-0.39, 0.29) is 18.8 Å². The van der Waals surface area contributed by atoms with Gasteiger partial charge in [-0.2, -0.15) is 5.26 Å². The van der Waals surface area contributed by atoms with Crippen LogP contribution in [0.5, 0.6) is 5.75 Å². The molecule has 0 radical (unpaired) electrons. The average molecular weight is 340 g/mol. The molecule has 0 spiro atoms. The maximum atomic E-state index is 12.0. The fourth-order valence-corrected chi connectivity index (χ4v) is 1.82. The first-order valence-electron chi connectivity index (χ1n) is 6.79. The van der Waals surface area contributed by atoms with Crippen molar-refractivity contribution in [1.29, 1.82) is 5.26 Å². The molecular weight excluding hydrogens is 322 g/mol. The molecule has 1 amide bonds. The van der Waals surface area contributed by atoms with Crippen molar-refractivity contribution in [2.24, 2.45) is 0 Å². The van der Waals surface area contributed by atoms with Crippen molar-refractivity contribution in [3.8, 4) is 11.8 Å². The van der Waals surface area contributed by atoms with Crippen molar-refractivity contribution in [2.45, 2.75) is 0 Å². The van der Waals surface area contributed by atoms with E-state index >= 15 is 0 Å². The molecular formula is C15H18ClN3O4. The summed E-state index contributed by atoms with van der Waals surface area (Å²) < 4.78 is 10.1. The number of aliphatic hydroxyl groups excluding tert-OH is 1. The predicted molar refractivity (Wildman–Crippen MR) is 86.2 cm³/mol. The molecule has 23 heavy (non-hydrogen) atoms. The Morgan fingerprint density at radius 3 is 2.87 bits per heavy atom. The van der Waals surface area contributed by atoms with Gasteiger partial charge in [0.25, 0.3) is 5.91 Å². The second kappa shape index (κ2) is 10.5. The molecule has 0 saturated carbocycles. The third-order valence-electron chi connectivity index (χ3n) is 2.65. The lowest BCUT2D eigenvalue weighted by atomic mass is 10.2. The first-order chi connectivity index (χ1) is 11.1. The van der Waals surface area contributed by atoms with Crippen LogP contribution in [0.1, 0.15) is 0 Å². The number of amides is 1. The first-order valence-corrected chi connectivity index (χ1v) is 7.17. The van der Waals surface area contributed by atoms with Crippen LogP contribution in [-0.4, -0.2) is 44.5 Å². The molecule has 0 fully saturated rings. The van der Waals surface area contributed by atoms with Gasteiger partial charge in [-0.1, -0.05) is 11.6 Å². The number of hydrogen-bond donors (Lipinski definition) is 3. The standard InChI is InChI=1S/C15H18ClN3O4/c1-22-14-3-2-12(8-13(14)16)19-15(21)11(9-17)10-18-4-6-23-7-5-20/h2-3,8,10,18,20H,4-7H2,1H3,(H,19,21)/b11-10-. The summed E-state index contributed by atoms with van der Waals surface area (Å²) in [6.07, 6.45) is 1.31. The Kier molecular flexibility index (Phi) is 8.54. The van der Waals surface area contributed by atoms with E-state index in [1.54, 1.807) is 12.1 Å². The van der Waals surface area contributed by atoms with E-state index in [0.29, 0.717) is 29.6 Å². The van der Waals surface area contributed by atoms with Crippen molar-refractivity contribution in [1.82, 2.24) is 5.32 Å². The van der Waals surface area contributed by atoms with Crippen LogP contribution in [-0.2, 0) is 9.53 Å². The number of methoxy groups -OCH3 is 1. The quantitative estimate of drug-likeness (QED) is 0.356. The van der Waals surface area contributed by atoms with Gasteiger partial charge in [0.2, 0.25) is 0 Å². The largest absolute Gasteiger partial charge is 0.495 e. The fourth-order valence-electron chi connectivity index (χ4n) is 1.56. The molecule has 1 aromatic carbocycles. The highest BCUT2D eigenvalue weighted by Crippen LogP contribution is 2.27. The minimum Gasteiger partial charge on any atom is -0.495 e. The number of hydrogen-bond acceptors (Lipinski definition) is 6. The number of anilines is 1. The van der Waals surface area contributed by atoms with Gasteiger partial charge in [-0.15, -0.1) is 0 Å². The van der Waals surface area contributed by atoms with Crippen LogP contribution in [0.4, 0.5) is 5.69 Å². The number of nitrogens with one attached hydrogen (secondary N) is 2. The van der Waals surface area contributed by atoms with Gasteiger partial charge < -0.3 is 25.2 Å². The summed E-state index contributed by atoms with van der Waals surface area (Å²) in [6, 6.07) is 6.57. The van der Waals surface area contributed by atoms with E-state index < -0.39 is 5.91 Å².